The number of hydrogen-bond donors (Lipinski definition) is 0. The van der Waals surface area contributed by atoms with Crippen molar-refractivity contribution in [3.05, 3.63) is 0 Å². The molecule has 0 rings (SSSR count). The molecule has 0 saturated heterocycles. The van der Waals surface area contributed by atoms with Crippen LogP contribution < -0.4 is 0 Å². The van der Waals surface area contributed by atoms with Gasteiger partial charge in [0, 0.05) is 55.6 Å². The molecule has 0 amide bonds. The van der Waals surface area contributed by atoms with E-state index in [1.54, 1.807) is 0 Å². The zero-order valence-electron chi connectivity index (χ0n) is 1.13. The number of hydrogen-bond acceptors (Lipinski definition) is 0. The van der Waals surface area contributed by atoms with Crippen molar-refractivity contribution in [1.82, 2.24) is 0 Å². The first-order valence-electron chi connectivity index (χ1n) is 0. The third-order valence-electron chi connectivity index (χ3n) is 0. The normalized spacial score (nSPS) is 0. The summed E-state index contributed by atoms with van der Waals surface area (Å²) >= 11 is 0. The fourth-order valence-electron chi connectivity index (χ4n) is 0. The minimum absolute atomic E-state index is 0. The van der Waals surface area contributed by atoms with Gasteiger partial charge in [0.2, 0.25) is 0 Å². The Labute approximate surface area is 78.4 Å². The van der Waals surface area contributed by atoms with Crippen LogP contribution >= 0.6 is 0 Å². The van der Waals surface area contributed by atoms with Gasteiger partial charge >= 0.3 is 23.9 Å². The van der Waals surface area contributed by atoms with Crippen molar-refractivity contribution in [3.8, 4) is 0 Å². The predicted octanol–water partition coefficient (Wildman–Crippen LogP) is -1.46. The van der Waals surface area contributed by atoms with Crippen LogP contribution in [0.4, 0.5) is 0 Å². The Morgan fingerprint density at radius 2 is 1.00 bits per heavy atom. The summed E-state index contributed by atoms with van der Waals surface area (Å²) < 4.78 is 0. The first kappa shape index (κ1) is 31.1. The molecule has 0 fully saturated rings. The van der Waals surface area contributed by atoms with E-state index in [1.807, 2.05) is 0 Å². The third kappa shape index (κ3) is 8.82. The van der Waals surface area contributed by atoms with Crippen LogP contribution in [-0.2, 0) is 55.6 Å². The van der Waals surface area contributed by atoms with Crippen LogP contribution in [0.3, 0.4) is 0 Å². The van der Waals surface area contributed by atoms with E-state index in [1.165, 1.54) is 0 Å². The van der Waals surface area contributed by atoms with Crippen LogP contribution in [0.5, 0.6) is 0 Å². The molecule has 0 aromatic heterocycles. The second kappa shape index (κ2) is 17.7. The summed E-state index contributed by atoms with van der Waals surface area (Å²) in [6.45, 7) is 0. The van der Waals surface area contributed by atoms with Gasteiger partial charge in [0.15, 0.2) is 0 Å². The van der Waals surface area contributed by atoms with E-state index in [2.05, 4.69) is 0 Å². The Hall–Kier alpha value is 2.54. The van der Waals surface area contributed by atoms with Gasteiger partial charge in [0.05, 0.1) is 0 Å². The molecule has 0 aliphatic carbocycles. The fourth-order valence-corrected chi connectivity index (χ4v) is 0. The van der Waals surface area contributed by atoms with Crippen molar-refractivity contribution in [2.75, 3.05) is 0 Å². The average molecular weight is 293 g/mol. The van der Waals surface area contributed by atoms with Crippen molar-refractivity contribution < 1.29 is 55.6 Å². The maximum atomic E-state index is 0. The molecule has 2 radical (unpaired) electrons. The summed E-state index contributed by atoms with van der Waals surface area (Å²) in [4.78, 5) is 0. The Kier molecular flexibility index (Phi) is 138. The molecule has 0 heterocycles. The van der Waals surface area contributed by atoms with E-state index in [-0.39, 0.29) is 79.5 Å². The third-order valence-corrected chi connectivity index (χ3v) is 0. The van der Waals surface area contributed by atoms with Gasteiger partial charge in [-0.2, -0.15) is 0 Å². The molecule has 4 heavy (non-hydrogen) atoms. The molecular weight excluding hydrogens is 289 g/mol. The van der Waals surface area contributed by atoms with Crippen LogP contribution in [0.25, 0.3) is 0 Å². The minimum atomic E-state index is 0. The van der Waals surface area contributed by atoms with Crippen molar-refractivity contribution in [1.29, 1.82) is 0 Å². The van der Waals surface area contributed by atoms with E-state index in [0.717, 1.165) is 0 Å². The summed E-state index contributed by atoms with van der Waals surface area (Å²) in [7, 11) is 0. The first-order valence-corrected chi connectivity index (χ1v) is 0. The molecule has 0 unspecified atom stereocenters. The van der Waals surface area contributed by atoms with E-state index < -0.39 is 0 Å². The van der Waals surface area contributed by atoms with Crippen LogP contribution in [0.2, 0.25) is 0 Å². The molecule has 32 valence electrons. The van der Waals surface area contributed by atoms with E-state index in [4.69, 9.17) is 0 Å². The van der Waals surface area contributed by atoms with Crippen LogP contribution in [0, 0.1) is 0 Å². The first-order chi connectivity index (χ1) is 0. The summed E-state index contributed by atoms with van der Waals surface area (Å²) in [5.41, 5.74) is 0. The zero-order valence-corrected chi connectivity index (χ0v) is 4.68. The van der Waals surface area contributed by atoms with Crippen molar-refractivity contribution in [2.24, 2.45) is 0 Å². The second-order valence-corrected chi connectivity index (χ2v) is 0. The molecule has 0 atom stereocenters. The monoisotopic (exact) mass is 294 g/mol. The quantitative estimate of drug-likeness (QED) is 0.479. The molecule has 0 aromatic rings. The van der Waals surface area contributed by atoms with Gasteiger partial charge in [-0.05, 0) is 0 Å². The summed E-state index contributed by atoms with van der Waals surface area (Å²) in [5, 5.41) is 0. The summed E-state index contributed by atoms with van der Waals surface area (Å²) in [6.07, 6.45) is 0. The van der Waals surface area contributed by atoms with E-state index >= 15 is 0 Å². The SMILES string of the molecule is [Co].[Cu].[SnH4].[Ti]. The van der Waals surface area contributed by atoms with Gasteiger partial charge in [0.25, 0.3) is 0 Å². The molecule has 4 heteroatoms. The fraction of sp³-hybridized carbons (Fsp3) is 0. The predicted molar refractivity (Wildman–Crippen MR) is 11.3 cm³/mol. The molecule has 0 aliphatic rings. The second-order valence-electron chi connectivity index (χ2n) is 0. The smallest absolute Gasteiger partial charge is 0 e. The number of rotatable bonds is 0. The molecule has 0 spiro atoms. The van der Waals surface area contributed by atoms with Crippen molar-refractivity contribution in [2.45, 2.75) is 0 Å². The van der Waals surface area contributed by atoms with Crippen molar-refractivity contribution >= 4 is 23.9 Å². The summed E-state index contributed by atoms with van der Waals surface area (Å²) in [5.74, 6) is 0. The molecule has 0 N–H and O–H groups in total. The Morgan fingerprint density at radius 3 is 1.00 bits per heavy atom. The maximum absolute atomic E-state index is 0. The standard InChI is InChI=1S/Co.Cu.Sn.Ti.4H. The Bertz CT molecular complexity index is 8.00. The van der Waals surface area contributed by atoms with E-state index in [9.17, 15) is 0 Å². The molecule has 0 bridgehead atoms. The van der Waals surface area contributed by atoms with E-state index in [0.29, 0.717) is 0 Å². The molecular formula is H4CoCuSnTi. The van der Waals surface area contributed by atoms with Crippen molar-refractivity contribution in [3.63, 3.8) is 0 Å². The van der Waals surface area contributed by atoms with Gasteiger partial charge in [-0.15, -0.1) is 0 Å². The minimum Gasteiger partial charge on any atom is 0 e. The van der Waals surface area contributed by atoms with Gasteiger partial charge in [-0.25, -0.2) is 0 Å². The molecule has 0 nitrogen and oxygen atoms in total. The van der Waals surface area contributed by atoms with Crippen LogP contribution in [-0.4, -0.2) is 23.9 Å². The van der Waals surface area contributed by atoms with Gasteiger partial charge in [-0.3, -0.25) is 0 Å². The van der Waals surface area contributed by atoms with Gasteiger partial charge < -0.3 is 0 Å². The topological polar surface area (TPSA) is 0 Å². The van der Waals surface area contributed by atoms with Crippen LogP contribution in [0.1, 0.15) is 0 Å². The maximum Gasteiger partial charge on any atom is 0 e. The Morgan fingerprint density at radius 1 is 1.00 bits per heavy atom. The molecule has 0 aromatic carbocycles. The zero-order chi connectivity index (χ0) is 0. The average Bonchev–Trinajstić information content (AvgIpc) is 0. The summed E-state index contributed by atoms with van der Waals surface area (Å²) in [6, 6.07) is 0. The van der Waals surface area contributed by atoms with Crippen LogP contribution in [0.15, 0.2) is 0 Å². The molecule has 0 aliphatic heterocycles. The Balaban J connectivity index is 0. The largest absolute Gasteiger partial charge is 0 e. The van der Waals surface area contributed by atoms with Gasteiger partial charge in [0.1, 0.15) is 0 Å². The van der Waals surface area contributed by atoms with Gasteiger partial charge in [-0.1, -0.05) is 0 Å². The molecule has 0 saturated carbocycles.